The number of benzene rings is 1. The molecule has 0 spiro atoms. The van der Waals surface area contributed by atoms with Crippen molar-refractivity contribution in [2.45, 2.75) is 19.5 Å². The number of aromatic nitrogens is 4. The molecule has 0 radical (unpaired) electrons. The van der Waals surface area contributed by atoms with E-state index in [0.717, 1.165) is 28.8 Å². The number of rotatable bonds is 3. The molecule has 3 rings (SSSR count). The molecule has 0 saturated carbocycles. The molecular weight excluding hydrogens is 298 g/mol. The van der Waals surface area contributed by atoms with E-state index in [4.69, 9.17) is 10.5 Å². The monoisotopic (exact) mass is 309 g/mol. The van der Waals surface area contributed by atoms with Gasteiger partial charge in [-0.1, -0.05) is 15.9 Å². The Morgan fingerprint density at radius 2 is 2.33 bits per heavy atom. The highest BCUT2D eigenvalue weighted by Crippen LogP contribution is 2.33. The number of halogens is 1. The third kappa shape index (κ3) is 1.99. The highest BCUT2D eigenvalue weighted by Gasteiger charge is 2.18. The summed E-state index contributed by atoms with van der Waals surface area (Å²) >= 11 is 3.51. The Morgan fingerprint density at radius 1 is 1.44 bits per heavy atom. The Bertz CT molecular complexity index is 583. The molecule has 0 atom stereocenters. The number of nitrogens with two attached hydrogens (primary N) is 1. The van der Waals surface area contributed by atoms with Gasteiger partial charge in [0.15, 0.2) is 5.82 Å². The fourth-order valence-corrected chi connectivity index (χ4v) is 2.67. The molecule has 0 amide bonds. The predicted molar refractivity (Wildman–Crippen MR) is 68.2 cm³/mol. The third-order valence-corrected chi connectivity index (χ3v) is 3.39. The molecule has 0 bridgehead atoms. The molecule has 0 saturated heterocycles. The largest absolute Gasteiger partial charge is 0.493 e. The maximum absolute atomic E-state index is 5.67. The second-order valence-corrected chi connectivity index (χ2v) is 5.02. The van der Waals surface area contributed by atoms with Gasteiger partial charge in [-0.25, -0.2) is 4.68 Å². The topological polar surface area (TPSA) is 78.9 Å². The van der Waals surface area contributed by atoms with Gasteiger partial charge in [0.05, 0.1) is 19.7 Å². The maximum atomic E-state index is 5.67. The number of fused-ring (bicyclic) bond motifs is 1. The Balaban J connectivity index is 1.98. The van der Waals surface area contributed by atoms with E-state index in [9.17, 15) is 0 Å². The van der Waals surface area contributed by atoms with E-state index >= 15 is 0 Å². The van der Waals surface area contributed by atoms with Gasteiger partial charge in [-0.3, -0.25) is 0 Å². The van der Waals surface area contributed by atoms with Gasteiger partial charge in [0, 0.05) is 16.5 Å². The summed E-state index contributed by atoms with van der Waals surface area (Å²) in [6, 6.07) is 4.13. The van der Waals surface area contributed by atoms with E-state index in [-0.39, 0.29) is 0 Å². The Morgan fingerprint density at radius 3 is 3.17 bits per heavy atom. The molecule has 94 valence electrons. The Kier molecular flexibility index (Phi) is 3.00. The van der Waals surface area contributed by atoms with Crippen LogP contribution in [-0.4, -0.2) is 26.8 Å². The van der Waals surface area contributed by atoms with Crippen molar-refractivity contribution in [3.8, 4) is 5.75 Å². The van der Waals surface area contributed by atoms with Crippen molar-refractivity contribution < 1.29 is 4.74 Å². The normalized spacial score (nSPS) is 13.4. The highest BCUT2D eigenvalue weighted by atomic mass is 79.9. The first kappa shape index (κ1) is 11.6. The first-order valence-electron chi connectivity index (χ1n) is 5.67. The minimum absolute atomic E-state index is 0.323. The lowest BCUT2D eigenvalue weighted by molar-refractivity contribution is 0.352. The summed E-state index contributed by atoms with van der Waals surface area (Å²) in [5.41, 5.74) is 7.88. The molecule has 7 heteroatoms. The smallest absolute Gasteiger partial charge is 0.165 e. The van der Waals surface area contributed by atoms with E-state index in [1.54, 1.807) is 4.68 Å². The second kappa shape index (κ2) is 4.66. The SMILES string of the molecule is NCc1nnnn1Cc1cc(Br)cc2c1OCC2. The van der Waals surface area contributed by atoms with Crippen molar-refractivity contribution in [3.63, 3.8) is 0 Å². The van der Waals surface area contributed by atoms with E-state index in [0.29, 0.717) is 18.9 Å². The van der Waals surface area contributed by atoms with Crippen LogP contribution in [0.1, 0.15) is 17.0 Å². The lowest BCUT2D eigenvalue weighted by atomic mass is 10.1. The zero-order valence-electron chi connectivity index (χ0n) is 9.64. The van der Waals surface area contributed by atoms with Crippen molar-refractivity contribution in [2.75, 3.05) is 6.61 Å². The summed E-state index contributed by atoms with van der Waals surface area (Å²) in [6.45, 7) is 1.63. The lowest BCUT2D eigenvalue weighted by Gasteiger charge is -2.09. The van der Waals surface area contributed by atoms with Crippen molar-refractivity contribution in [1.29, 1.82) is 0 Å². The molecule has 18 heavy (non-hydrogen) atoms. The highest BCUT2D eigenvalue weighted by molar-refractivity contribution is 9.10. The number of hydrogen-bond donors (Lipinski definition) is 1. The zero-order valence-corrected chi connectivity index (χ0v) is 11.2. The van der Waals surface area contributed by atoms with Gasteiger partial charge in [0.2, 0.25) is 0 Å². The zero-order chi connectivity index (χ0) is 12.5. The van der Waals surface area contributed by atoms with Crippen molar-refractivity contribution in [3.05, 3.63) is 33.6 Å². The maximum Gasteiger partial charge on any atom is 0.165 e. The van der Waals surface area contributed by atoms with Crippen LogP contribution in [0.5, 0.6) is 5.75 Å². The van der Waals surface area contributed by atoms with Crippen molar-refractivity contribution >= 4 is 15.9 Å². The van der Waals surface area contributed by atoms with Crippen molar-refractivity contribution in [2.24, 2.45) is 5.73 Å². The van der Waals surface area contributed by atoms with Crippen LogP contribution in [-0.2, 0) is 19.5 Å². The molecule has 0 aliphatic carbocycles. The Hall–Kier alpha value is -1.47. The fourth-order valence-electron chi connectivity index (χ4n) is 2.12. The van der Waals surface area contributed by atoms with Crippen LogP contribution in [0.25, 0.3) is 0 Å². The van der Waals surface area contributed by atoms with E-state index in [1.807, 2.05) is 6.07 Å². The van der Waals surface area contributed by atoms with Crippen LogP contribution in [0.15, 0.2) is 16.6 Å². The summed E-state index contributed by atoms with van der Waals surface area (Å²) in [5, 5.41) is 11.4. The molecule has 1 aromatic heterocycles. The van der Waals surface area contributed by atoms with Gasteiger partial charge in [0.1, 0.15) is 5.75 Å². The first-order chi connectivity index (χ1) is 8.78. The second-order valence-electron chi connectivity index (χ2n) is 4.11. The molecule has 2 N–H and O–H groups in total. The molecule has 1 aliphatic rings. The van der Waals surface area contributed by atoms with Crippen LogP contribution < -0.4 is 10.5 Å². The summed E-state index contributed by atoms with van der Waals surface area (Å²) in [7, 11) is 0. The van der Waals surface area contributed by atoms with Crippen LogP contribution >= 0.6 is 15.9 Å². The number of nitrogens with zero attached hydrogens (tertiary/aromatic N) is 4. The third-order valence-electron chi connectivity index (χ3n) is 2.93. The molecule has 2 aromatic rings. The molecule has 2 heterocycles. The minimum atomic E-state index is 0.323. The molecule has 1 aliphatic heterocycles. The van der Waals surface area contributed by atoms with Crippen molar-refractivity contribution in [1.82, 2.24) is 20.2 Å². The first-order valence-corrected chi connectivity index (χ1v) is 6.46. The van der Waals surface area contributed by atoms with Gasteiger partial charge in [-0.2, -0.15) is 0 Å². The van der Waals surface area contributed by atoms with Gasteiger partial charge in [-0.05, 0) is 28.1 Å². The summed E-state index contributed by atoms with van der Waals surface area (Å²) in [4.78, 5) is 0. The summed E-state index contributed by atoms with van der Waals surface area (Å²) < 4.78 is 8.42. The molecular formula is C11H12BrN5O. The van der Waals surface area contributed by atoms with Crippen LogP contribution in [0.3, 0.4) is 0 Å². The van der Waals surface area contributed by atoms with E-state index < -0.39 is 0 Å². The average molecular weight is 310 g/mol. The quantitative estimate of drug-likeness (QED) is 0.910. The predicted octanol–water partition coefficient (Wildman–Crippen LogP) is 0.877. The van der Waals surface area contributed by atoms with Gasteiger partial charge >= 0.3 is 0 Å². The lowest BCUT2D eigenvalue weighted by Crippen LogP contribution is -2.11. The Labute approximate surface area is 112 Å². The van der Waals surface area contributed by atoms with Gasteiger partial charge in [0.25, 0.3) is 0 Å². The molecule has 1 aromatic carbocycles. The molecule has 0 fully saturated rings. The van der Waals surface area contributed by atoms with Gasteiger partial charge < -0.3 is 10.5 Å². The van der Waals surface area contributed by atoms with Crippen LogP contribution in [0, 0.1) is 0 Å². The fraction of sp³-hybridized carbons (Fsp3) is 0.364. The van der Waals surface area contributed by atoms with E-state index in [2.05, 4.69) is 37.5 Å². The standard InChI is InChI=1S/C11H12BrN5O/c12-9-3-7-1-2-18-11(7)8(4-9)6-17-10(5-13)14-15-16-17/h3-4H,1-2,5-6,13H2. The number of ether oxygens (including phenoxy) is 1. The summed E-state index contributed by atoms with van der Waals surface area (Å²) in [6.07, 6.45) is 0.946. The van der Waals surface area contributed by atoms with E-state index in [1.165, 1.54) is 5.56 Å². The van der Waals surface area contributed by atoms with Crippen LogP contribution in [0.4, 0.5) is 0 Å². The average Bonchev–Trinajstić information content (AvgIpc) is 2.96. The van der Waals surface area contributed by atoms with Gasteiger partial charge in [-0.15, -0.1) is 5.10 Å². The number of hydrogen-bond acceptors (Lipinski definition) is 5. The molecule has 0 unspecified atom stereocenters. The number of tetrazole rings is 1. The summed E-state index contributed by atoms with van der Waals surface area (Å²) in [5.74, 6) is 1.62. The van der Waals surface area contributed by atoms with Crippen LogP contribution in [0.2, 0.25) is 0 Å². The minimum Gasteiger partial charge on any atom is -0.493 e. The molecule has 6 nitrogen and oxygen atoms in total.